The normalized spacial score (nSPS) is 12.0. The molecular weight excluding hydrogens is 353 g/mol. The fourth-order valence-electron chi connectivity index (χ4n) is 2.69. The molecule has 3 rings (SSSR count). The SMILES string of the molecule is CS(=O)(=O)c1nc2c(=O)n([13CH3])c(=O)n([13CH3])c2n1Cc1ccccc1F. The van der Waals surface area contributed by atoms with E-state index in [1.165, 1.54) is 36.9 Å². The summed E-state index contributed by atoms with van der Waals surface area (Å²) < 4.78 is 41.4. The molecule has 0 amide bonds. The van der Waals surface area contributed by atoms with Gasteiger partial charge in [0.1, 0.15) is 5.82 Å². The van der Waals surface area contributed by atoms with E-state index in [1.807, 2.05) is 0 Å². The monoisotopic (exact) mass is 368 g/mol. The summed E-state index contributed by atoms with van der Waals surface area (Å²) in [6, 6.07) is 5.85. The van der Waals surface area contributed by atoms with Crippen molar-refractivity contribution >= 4 is 21.0 Å². The van der Waals surface area contributed by atoms with E-state index in [1.54, 1.807) is 6.07 Å². The van der Waals surface area contributed by atoms with Crippen LogP contribution in [0.25, 0.3) is 11.2 Å². The van der Waals surface area contributed by atoms with E-state index in [0.717, 1.165) is 15.4 Å². The van der Waals surface area contributed by atoms with E-state index < -0.39 is 32.1 Å². The molecule has 1 aromatic carbocycles. The fourth-order valence-corrected chi connectivity index (χ4v) is 3.50. The minimum atomic E-state index is -3.82. The second kappa shape index (κ2) is 5.66. The molecule has 0 aliphatic carbocycles. The van der Waals surface area contributed by atoms with Gasteiger partial charge in [0, 0.05) is 25.9 Å². The van der Waals surface area contributed by atoms with Gasteiger partial charge in [0.2, 0.25) is 15.0 Å². The molecule has 0 unspecified atom stereocenters. The second-order valence-corrected chi connectivity index (χ2v) is 7.63. The summed E-state index contributed by atoms with van der Waals surface area (Å²) in [6.07, 6.45) is 0.939. The minimum Gasteiger partial charge on any atom is -0.296 e. The third-order valence-electron chi connectivity index (χ3n) is 3.92. The molecule has 0 saturated carbocycles. The lowest BCUT2D eigenvalue weighted by molar-refractivity contribution is 0.565. The number of nitrogens with zero attached hydrogens (tertiary/aromatic N) is 4. The molecule has 0 radical (unpaired) electrons. The lowest BCUT2D eigenvalue weighted by Crippen LogP contribution is -2.37. The van der Waals surface area contributed by atoms with E-state index in [0.29, 0.717) is 0 Å². The van der Waals surface area contributed by atoms with Crippen LogP contribution in [0.1, 0.15) is 5.56 Å². The van der Waals surface area contributed by atoms with Gasteiger partial charge in [-0.3, -0.25) is 18.5 Å². The van der Waals surface area contributed by atoms with Crippen LogP contribution in [0.4, 0.5) is 4.39 Å². The molecule has 0 atom stereocenters. The number of halogens is 1. The summed E-state index contributed by atoms with van der Waals surface area (Å²) in [5.41, 5.74) is -1.28. The van der Waals surface area contributed by atoms with Crippen molar-refractivity contribution < 1.29 is 12.8 Å². The average molecular weight is 368 g/mol. The largest absolute Gasteiger partial charge is 0.332 e. The van der Waals surface area contributed by atoms with Crippen LogP contribution in [0.5, 0.6) is 0 Å². The number of benzene rings is 1. The van der Waals surface area contributed by atoms with E-state index in [9.17, 15) is 22.4 Å². The summed E-state index contributed by atoms with van der Waals surface area (Å²) in [5.74, 6) is -0.530. The molecule has 0 N–H and O–H groups in total. The molecule has 10 heteroatoms. The molecule has 2 aromatic heterocycles. The Morgan fingerprint density at radius 3 is 2.36 bits per heavy atom. The van der Waals surface area contributed by atoms with Crippen LogP contribution in [0.3, 0.4) is 0 Å². The van der Waals surface area contributed by atoms with Gasteiger partial charge in [-0.2, -0.15) is 0 Å². The zero-order valence-electron chi connectivity index (χ0n) is 13.7. The molecule has 0 aliphatic heterocycles. The highest BCUT2D eigenvalue weighted by Gasteiger charge is 2.25. The Hall–Kier alpha value is -2.75. The number of hydrogen-bond acceptors (Lipinski definition) is 5. The zero-order valence-corrected chi connectivity index (χ0v) is 14.5. The fraction of sp³-hybridized carbons (Fsp3) is 0.267. The maximum absolute atomic E-state index is 14.0. The Labute approximate surface area is 141 Å². The Balaban J connectivity index is 2.46. The summed E-state index contributed by atoms with van der Waals surface area (Å²) in [6.45, 7) is -0.188. The Morgan fingerprint density at radius 1 is 1.12 bits per heavy atom. The molecule has 0 bridgehead atoms. The van der Waals surface area contributed by atoms with Crippen molar-refractivity contribution in [2.75, 3.05) is 6.26 Å². The van der Waals surface area contributed by atoms with Gasteiger partial charge in [-0.15, -0.1) is 0 Å². The molecule has 0 spiro atoms. The van der Waals surface area contributed by atoms with Gasteiger partial charge in [-0.1, -0.05) is 18.2 Å². The first-order chi connectivity index (χ1) is 11.6. The van der Waals surface area contributed by atoms with Gasteiger partial charge < -0.3 is 0 Å². The highest BCUT2D eigenvalue weighted by molar-refractivity contribution is 7.90. The molecule has 8 nitrogen and oxygen atoms in total. The van der Waals surface area contributed by atoms with Crippen LogP contribution < -0.4 is 11.2 Å². The van der Waals surface area contributed by atoms with Gasteiger partial charge >= 0.3 is 5.69 Å². The number of aromatic nitrogens is 4. The van der Waals surface area contributed by atoms with E-state index >= 15 is 0 Å². The van der Waals surface area contributed by atoms with E-state index in [2.05, 4.69) is 4.98 Å². The summed E-state index contributed by atoms with van der Waals surface area (Å²) in [5, 5.41) is -0.399. The van der Waals surface area contributed by atoms with Gasteiger partial charge in [-0.05, 0) is 6.07 Å². The third-order valence-corrected chi connectivity index (χ3v) is 4.90. The number of rotatable bonds is 3. The molecule has 25 heavy (non-hydrogen) atoms. The lowest BCUT2D eigenvalue weighted by atomic mass is 10.2. The molecule has 0 fully saturated rings. The van der Waals surface area contributed by atoms with Crippen molar-refractivity contribution in [3.8, 4) is 0 Å². The van der Waals surface area contributed by atoms with Crippen LogP contribution in [0.15, 0.2) is 39.0 Å². The summed E-state index contributed by atoms with van der Waals surface area (Å²) >= 11 is 0. The van der Waals surface area contributed by atoms with Crippen molar-refractivity contribution in [3.05, 3.63) is 56.5 Å². The number of aryl methyl sites for hydroxylation is 1. The molecule has 3 aromatic rings. The lowest BCUT2D eigenvalue weighted by Gasteiger charge is -2.11. The van der Waals surface area contributed by atoms with Crippen molar-refractivity contribution in [2.24, 2.45) is 14.1 Å². The van der Waals surface area contributed by atoms with E-state index in [-0.39, 0.29) is 23.3 Å². The number of imidazole rings is 1. The van der Waals surface area contributed by atoms with Gasteiger partial charge in [0.15, 0.2) is 11.2 Å². The van der Waals surface area contributed by atoms with Gasteiger partial charge in [0.25, 0.3) is 5.56 Å². The predicted molar refractivity (Wildman–Crippen MR) is 88.8 cm³/mol. The van der Waals surface area contributed by atoms with E-state index in [4.69, 9.17) is 0 Å². The van der Waals surface area contributed by atoms with Crippen molar-refractivity contribution in [1.29, 1.82) is 0 Å². The molecule has 132 valence electrons. The van der Waals surface area contributed by atoms with Gasteiger partial charge in [0.05, 0.1) is 6.54 Å². The smallest absolute Gasteiger partial charge is 0.296 e. The Kier molecular flexibility index (Phi) is 3.87. The van der Waals surface area contributed by atoms with Crippen LogP contribution >= 0.6 is 0 Å². The van der Waals surface area contributed by atoms with Crippen molar-refractivity contribution in [3.63, 3.8) is 0 Å². The topological polar surface area (TPSA) is 96.0 Å². The van der Waals surface area contributed by atoms with Gasteiger partial charge in [-0.25, -0.2) is 22.6 Å². The van der Waals surface area contributed by atoms with Crippen LogP contribution in [-0.4, -0.2) is 33.4 Å². The Morgan fingerprint density at radius 2 is 1.76 bits per heavy atom. The first kappa shape index (κ1) is 17.1. The zero-order chi connectivity index (χ0) is 18.5. The minimum absolute atomic E-state index is 0.0248. The molecular formula is C15H15FN4O4S. The first-order valence-electron chi connectivity index (χ1n) is 7.22. The quantitative estimate of drug-likeness (QED) is 0.608. The second-order valence-electron chi connectivity index (χ2n) is 5.72. The maximum atomic E-state index is 14.0. The highest BCUT2D eigenvalue weighted by Crippen LogP contribution is 2.19. The molecule has 0 saturated heterocycles. The predicted octanol–water partition coefficient (Wildman–Crippen LogP) is 0.0246. The molecule has 2 heterocycles. The number of hydrogen-bond donors (Lipinski definition) is 0. The standard InChI is InChI=1S/C15H15FN4O4S/c1-18-12-11(13(21)19(2)15(18)22)17-14(25(3,23)24)20(12)8-9-6-4-5-7-10(9)16/h4-7H,8H2,1-3H3/i1+1,2+1. The number of sulfone groups is 1. The van der Waals surface area contributed by atoms with Crippen LogP contribution in [0, 0.1) is 5.82 Å². The van der Waals surface area contributed by atoms with Crippen LogP contribution in [0.2, 0.25) is 0 Å². The van der Waals surface area contributed by atoms with Crippen molar-refractivity contribution in [1.82, 2.24) is 18.7 Å². The Bertz CT molecular complexity index is 1220. The van der Waals surface area contributed by atoms with Crippen molar-refractivity contribution in [2.45, 2.75) is 11.7 Å². The molecule has 0 aliphatic rings. The average Bonchev–Trinajstić information content (AvgIpc) is 2.93. The summed E-state index contributed by atoms with van der Waals surface area (Å²) in [7, 11) is -1.15. The highest BCUT2D eigenvalue weighted by atomic mass is 32.2. The maximum Gasteiger partial charge on any atom is 0.332 e. The summed E-state index contributed by atoms with van der Waals surface area (Å²) in [4.78, 5) is 28.4. The number of fused-ring (bicyclic) bond motifs is 1. The van der Waals surface area contributed by atoms with Crippen LogP contribution in [-0.2, 0) is 30.5 Å². The third kappa shape index (κ3) is 2.68. The first-order valence-corrected chi connectivity index (χ1v) is 9.11.